The molecule has 0 aromatic heterocycles. The molecule has 7 heteroatoms. The number of amides is 1. The van der Waals surface area contributed by atoms with E-state index in [-0.39, 0.29) is 16.3 Å². The van der Waals surface area contributed by atoms with E-state index >= 15 is 0 Å². The highest BCUT2D eigenvalue weighted by atomic mass is 79.9. The van der Waals surface area contributed by atoms with Crippen LogP contribution in [0.25, 0.3) is 0 Å². The van der Waals surface area contributed by atoms with Crippen LogP contribution in [0.1, 0.15) is 43.1 Å². The Labute approximate surface area is 139 Å². The standard InChI is InChI=1S/C14H19BrClNO3S/c1-6-14(3,4)17(5)13(18)11-7-10(15)8-12(9(11)2)21(16,19)20/h7-8H,6H2,1-5H3. The average Bonchev–Trinajstić information content (AvgIpc) is 2.38. The van der Waals surface area contributed by atoms with Gasteiger partial charge in [-0.3, -0.25) is 4.79 Å². The molecule has 0 atom stereocenters. The van der Waals surface area contributed by atoms with Gasteiger partial charge in [-0.15, -0.1) is 0 Å². The molecule has 0 spiro atoms. The molecule has 0 heterocycles. The Kier molecular flexibility index (Phi) is 5.51. The molecule has 21 heavy (non-hydrogen) atoms. The van der Waals surface area contributed by atoms with Crippen molar-refractivity contribution in [2.75, 3.05) is 7.05 Å². The molecule has 0 aliphatic rings. The molecule has 1 aromatic carbocycles. The maximum atomic E-state index is 12.7. The predicted octanol–water partition coefficient (Wildman–Crippen LogP) is 3.95. The summed E-state index contributed by atoms with van der Waals surface area (Å²) < 4.78 is 23.7. The van der Waals surface area contributed by atoms with Gasteiger partial charge < -0.3 is 4.90 Å². The molecule has 0 bridgehead atoms. The molecule has 1 aromatic rings. The lowest BCUT2D eigenvalue weighted by molar-refractivity contribution is 0.0619. The summed E-state index contributed by atoms with van der Waals surface area (Å²) in [6.07, 6.45) is 0.781. The number of rotatable bonds is 4. The van der Waals surface area contributed by atoms with Crippen LogP contribution in [0, 0.1) is 6.92 Å². The topological polar surface area (TPSA) is 54.5 Å². The molecule has 1 rings (SSSR count). The number of nitrogens with zero attached hydrogens (tertiary/aromatic N) is 1. The van der Waals surface area contributed by atoms with Crippen molar-refractivity contribution in [2.24, 2.45) is 0 Å². The summed E-state index contributed by atoms with van der Waals surface area (Å²) in [6, 6.07) is 3.02. The summed E-state index contributed by atoms with van der Waals surface area (Å²) in [5.41, 5.74) is 0.357. The summed E-state index contributed by atoms with van der Waals surface area (Å²) >= 11 is 3.23. The molecule has 0 aliphatic carbocycles. The predicted molar refractivity (Wildman–Crippen MR) is 88.4 cm³/mol. The number of carbonyl (C=O) groups excluding carboxylic acids is 1. The second-order valence-electron chi connectivity index (χ2n) is 5.54. The second kappa shape index (κ2) is 6.26. The van der Waals surface area contributed by atoms with E-state index in [1.807, 2.05) is 20.8 Å². The monoisotopic (exact) mass is 395 g/mol. The van der Waals surface area contributed by atoms with Crippen LogP contribution in [-0.4, -0.2) is 31.8 Å². The van der Waals surface area contributed by atoms with Crippen molar-refractivity contribution < 1.29 is 13.2 Å². The third kappa shape index (κ3) is 3.99. The zero-order chi connectivity index (χ0) is 16.6. The quantitative estimate of drug-likeness (QED) is 0.724. The fourth-order valence-electron chi connectivity index (χ4n) is 1.82. The van der Waals surface area contributed by atoms with E-state index in [1.165, 1.54) is 6.07 Å². The molecule has 0 aliphatic heterocycles. The second-order valence-corrected chi connectivity index (χ2v) is 8.99. The third-order valence-electron chi connectivity index (χ3n) is 3.90. The summed E-state index contributed by atoms with van der Waals surface area (Å²) in [6.45, 7) is 7.49. The van der Waals surface area contributed by atoms with E-state index in [4.69, 9.17) is 10.7 Å². The molecule has 118 valence electrons. The van der Waals surface area contributed by atoms with Gasteiger partial charge in [-0.1, -0.05) is 22.9 Å². The lowest BCUT2D eigenvalue weighted by atomic mass is 9.98. The molecule has 0 N–H and O–H groups in total. The Morgan fingerprint density at radius 1 is 1.38 bits per heavy atom. The first-order chi connectivity index (χ1) is 9.41. The van der Waals surface area contributed by atoms with E-state index in [0.29, 0.717) is 15.6 Å². The molecular weight excluding hydrogens is 378 g/mol. The lowest BCUT2D eigenvalue weighted by Crippen LogP contribution is -2.44. The number of hydrogen-bond acceptors (Lipinski definition) is 3. The van der Waals surface area contributed by atoms with Gasteiger partial charge >= 0.3 is 0 Å². The molecule has 0 saturated heterocycles. The summed E-state index contributed by atoms with van der Waals surface area (Å²) in [7, 11) is 3.24. The van der Waals surface area contributed by atoms with Crippen LogP contribution < -0.4 is 0 Å². The number of carbonyl (C=O) groups is 1. The minimum atomic E-state index is -3.91. The number of hydrogen-bond donors (Lipinski definition) is 0. The number of benzene rings is 1. The first kappa shape index (κ1) is 18.5. The van der Waals surface area contributed by atoms with Crippen LogP contribution in [0.15, 0.2) is 21.5 Å². The Bertz CT molecular complexity index is 671. The van der Waals surface area contributed by atoms with Gasteiger partial charge in [0.25, 0.3) is 15.0 Å². The molecule has 0 radical (unpaired) electrons. The van der Waals surface area contributed by atoms with Crippen molar-refractivity contribution in [3.8, 4) is 0 Å². The maximum Gasteiger partial charge on any atom is 0.261 e. The normalized spacial score (nSPS) is 12.3. The van der Waals surface area contributed by atoms with Crippen molar-refractivity contribution >= 4 is 41.6 Å². The van der Waals surface area contributed by atoms with Crippen molar-refractivity contribution in [2.45, 2.75) is 44.6 Å². The average molecular weight is 397 g/mol. The van der Waals surface area contributed by atoms with Gasteiger partial charge in [-0.2, -0.15) is 0 Å². The summed E-state index contributed by atoms with van der Waals surface area (Å²) in [4.78, 5) is 14.2. The summed E-state index contributed by atoms with van der Waals surface area (Å²) in [5.74, 6) is -0.234. The molecule has 0 fully saturated rings. The zero-order valence-corrected chi connectivity index (χ0v) is 15.9. The van der Waals surface area contributed by atoms with Gasteiger partial charge in [0.05, 0.1) is 4.90 Å². The minimum absolute atomic E-state index is 0.0513. The molecular formula is C14H19BrClNO3S. The van der Waals surface area contributed by atoms with Gasteiger partial charge in [0, 0.05) is 33.3 Å². The Hall–Kier alpha value is -0.590. The highest BCUT2D eigenvalue weighted by Crippen LogP contribution is 2.29. The first-order valence-corrected chi connectivity index (χ1v) is 9.55. The smallest absolute Gasteiger partial charge is 0.261 e. The van der Waals surface area contributed by atoms with E-state index in [2.05, 4.69) is 15.9 Å². The third-order valence-corrected chi connectivity index (χ3v) is 5.80. The van der Waals surface area contributed by atoms with Crippen LogP contribution in [0.2, 0.25) is 0 Å². The highest BCUT2D eigenvalue weighted by Gasteiger charge is 2.29. The number of halogens is 2. The van der Waals surface area contributed by atoms with Crippen LogP contribution >= 0.6 is 26.6 Å². The van der Waals surface area contributed by atoms with Crippen LogP contribution in [0.3, 0.4) is 0 Å². The first-order valence-electron chi connectivity index (χ1n) is 6.44. The van der Waals surface area contributed by atoms with Gasteiger partial charge in [-0.05, 0) is 44.9 Å². The lowest BCUT2D eigenvalue weighted by Gasteiger charge is -2.35. The fourth-order valence-corrected chi connectivity index (χ4v) is 3.66. The van der Waals surface area contributed by atoms with Crippen molar-refractivity contribution in [1.29, 1.82) is 0 Å². The van der Waals surface area contributed by atoms with E-state index in [9.17, 15) is 13.2 Å². The molecule has 0 unspecified atom stereocenters. The van der Waals surface area contributed by atoms with Gasteiger partial charge in [0.1, 0.15) is 0 Å². The molecule has 4 nitrogen and oxygen atoms in total. The van der Waals surface area contributed by atoms with E-state index in [0.717, 1.165) is 6.42 Å². The van der Waals surface area contributed by atoms with E-state index < -0.39 is 9.05 Å². The highest BCUT2D eigenvalue weighted by molar-refractivity contribution is 9.10. The van der Waals surface area contributed by atoms with Crippen LogP contribution in [0.5, 0.6) is 0 Å². The molecule has 1 amide bonds. The zero-order valence-electron chi connectivity index (χ0n) is 12.7. The fraction of sp³-hybridized carbons (Fsp3) is 0.500. The van der Waals surface area contributed by atoms with Crippen molar-refractivity contribution in [1.82, 2.24) is 4.90 Å². The summed E-state index contributed by atoms with van der Waals surface area (Å²) in [5, 5.41) is 0. The Morgan fingerprint density at radius 2 is 1.90 bits per heavy atom. The van der Waals surface area contributed by atoms with Crippen molar-refractivity contribution in [3.63, 3.8) is 0 Å². The van der Waals surface area contributed by atoms with E-state index in [1.54, 1.807) is 24.9 Å². The van der Waals surface area contributed by atoms with Crippen LogP contribution in [-0.2, 0) is 9.05 Å². The van der Waals surface area contributed by atoms with Gasteiger partial charge in [0.2, 0.25) is 0 Å². The molecule has 0 saturated carbocycles. The van der Waals surface area contributed by atoms with Crippen molar-refractivity contribution in [3.05, 3.63) is 27.7 Å². The largest absolute Gasteiger partial charge is 0.337 e. The van der Waals surface area contributed by atoms with Crippen LogP contribution in [0.4, 0.5) is 0 Å². The SMILES string of the molecule is CCC(C)(C)N(C)C(=O)c1cc(Br)cc(S(=O)(=O)Cl)c1C. The Balaban J connectivity index is 3.45. The Morgan fingerprint density at radius 3 is 2.33 bits per heavy atom. The maximum absolute atomic E-state index is 12.7. The minimum Gasteiger partial charge on any atom is -0.337 e. The van der Waals surface area contributed by atoms with Gasteiger partial charge in [0.15, 0.2) is 0 Å². The van der Waals surface area contributed by atoms with Gasteiger partial charge in [-0.25, -0.2) is 8.42 Å².